The van der Waals surface area contributed by atoms with Crippen LogP contribution in [0, 0.1) is 5.82 Å². The molecule has 0 spiro atoms. The zero-order valence-electron chi connectivity index (χ0n) is 12.0. The maximum absolute atomic E-state index is 14.1. The van der Waals surface area contributed by atoms with Crippen LogP contribution >= 0.6 is 15.9 Å². The summed E-state index contributed by atoms with van der Waals surface area (Å²) in [5, 5.41) is 2.90. The van der Waals surface area contributed by atoms with Crippen LogP contribution in [0.3, 0.4) is 0 Å². The van der Waals surface area contributed by atoms with Crippen molar-refractivity contribution in [1.29, 1.82) is 0 Å². The van der Waals surface area contributed by atoms with E-state index >= 15 is 0 Å². The van der Waals surface area contributed by atoms with Gasteiger partial charge in [0.2, 0.25) is 0 Å². The molecule has 1 N–H and O–H groups in total. The zero-order valence-corrected chi connectivity index (χ0v) is 13.6. The zero-order chi connectivity index (χ0) is 15.7. The number of nitrogens with one attached hydrogen (secondary N) is 1. The normalized spacial score (nSPS) is 24.9. The summed E-state index contributed by atoms with van der Waals surface area (Å²) < 4.78 is 20.6. The number of carbonyl (C=O) groups excluding carboxylic acids is 1. The number of amides is 1. The Labute approximate surface area is 136 Å². The lowest BCUT2D eigenvalue weighted by molar-refractivity contribution is -0.146. The monoisotopic (exact) mass is 363 g/mol. The minimum Gasteiger partial charge on any atom is -0.361 e. The Kier molecular flexibility index (Phi) is 4.02. The van der Waals surface area contributed by atoms with Gasteiger partial charge >= 0.3 is 0 Å². The molecule has 0 bridgehead atoms. The van der Waals surface area contributed by atoms with Gasteiger partial charge < -0.3 is 10.1 Å². The van der Waals surface area contributed by atoms with Gasteiger partial charge in [-0.3, -0.25) is 4.79 Å². The van der Waals surface area contributed by atoms with E-state index in [2.05, 4.69) is 21.2 Å². The first-order valence-corrected chi connectivity index (χ1v) is 7.73. The summed E-state index contributed by atoms with van der Waals surface area (Å²) in [5.41, 5.74) is 0.300. The van der Waals surface area contributed by atoms with Gasteiger partial charge in [0.15, 0.2) is 6.10 Å². The molecule has 0 saturated carbocycles. The number of hydrogen-bond acceptors (Lipinski definition) is 2. The molecule has 2 aromatic rings. The predicted octanol–water partition coefficient (Wildman–Crippen LogP) is 3.69. The number of ether oxygens (including phenoxy) is 1. The molecular formula is C17H15BrFNO2. The second kappa shape index (κ2) is 5.82. The highest BCUT2D eigenvalue weighted by Crippen LogP contribution is 2.33. The first-order valence-electron chi connectivity index (χ1n) is 6.94. The molecule has 3 rings (SSSR count). The Morgan fingerprint density at radius 3 is 2.68 bits per heavy atom. The van der Waals surface area contributed by atoms with Crippen molar-refractivity contribution in [1.82, 2.24) is 5.32 Å². The number of morpholine rings is 1. The van der Waals surface area contributed by atoms with Crippen molar-refractivity contribution in [3.05, 3.63) is 69.9 Å². The van der Waals surface area contributed by atoms with Crippen molar-refractivity contribution < 1.29 is 13.9 Å². The average Bonchev–Trinajstić information content (AvgIpc) is 2.50. The summed E-state index contributed by atoms with van der Waals surface area (Å²) in [6, 6.07) is 13.9. The minimum atomic E-state index is -0.893. The van der Waals surface area contributed by atoms with Crippen LogP contribution in [0.15, 0.2) is 53.0 Å². The summed E-state index contributed by atoms with van der Waals surface area (Å²) >= 11 is 3.33. The Bertz CT molecular complexity index is 707. The fourth-order valence-electron chi connectivity index (χ4n) is 2.64. The van der Waals surface area contributed by atoms with Crippen LogP contribution in [0.2, 0.25) is 0 Å². The fourth-order valence-corrected chi connectivity index (χ4v) is 3.00. The number of carbonyl (C=O) groups is 1. The second-order valence-electron chi connectivity index (χ2n) is 5.55. The maximum Gasteiger partial charge on any atom is 0.254 e. The van der Waals surface area contributed by atoms with Crippen molar-refractivity contribution in [3.63, 3.8) is 0 Å². The summed E-state index contributed by atoms with van der Waals surface area (Å²) in [7, 11) is 0. The number of halogens is 2. The van der Waals surface area contributed by atoms with E-state index in [1.54, 1.807) is 19.1 Å². The molecule has 0 aromatic heterocycles. The van der Waals surface area contributed by atoms with E-state index in [9.17, 15) is 9.18 Å². The third kappa shape index (κ3) is 2.78. The van der Waals surface area contributed by atoms with Crippen molar-refractivity contribution in [2.45, 2.75) is 18.6 Å². The second-order valence-corrected chi connectivity index (χ2v) is 6.46. The standard InChI is InChI=1S/C17H15BrFNO2/c1-17(13-9-12(18)7-8-14(13)19)10-22-15(16(21)20-17)11-5-3-2-4-6-11/h2-9,15H,10H2,1H3,(H,20,21)/t15-,17+/m1/s1. The smallest absolute Gasteiger partial charge is 0.254 e. The van der Waals surface area contributed by atoms with E-state index in [1.807, 2.05) is 30.3 Å². The van der Waals surface area contributed by atoms with Crippen LogP contribution < -0.4 is 5.32 Å². The molecule has 1 heterocycles. The SMILES string of the molecule is C[C@@]1(c2cc(Br)ccc2F)CO[C@H](c2ccccc2)C(=O)N1. The quantitative estimate of drug-likeness (QED) is 0.883. The topological polar surface area (TPSA) is 38.3 Å². The highest BCUT2D eigenvalue weighted by atomic mass is 79.9. The van der Waals surface area contributed by atoms with E-state index in [-0.39, 0.29) is 18.3 Å². The van der Waals surface area contributed by atoms with Crippen molar-refractivity contribution in [2.24, 2.45) is 0 Å². The van der Waals surface area contributed by atoms with Crippen LogP contribution in [-0.2, 0) is 15.1 Å². The predicted molar refractivity (Wildman–Crippen MR) is 84.7 cm³/mol. The van der Waals surface area contributed by atoms with Crippen LogP contribution in [0.25, 0.3) is 0 Å². The van der Waals surface area contributed by atoms with Crippen LogP contribution in [0.5, 0.6) is 0 Å². The first-order chi connectivity index (χ1) is 10.5. The Morgan fingerprint density at radius 1 is 1.27 bits per heavy atom. The lowest BCUT2D eigenvalue weighted by Crippen LogP contribution is -2.54. The molecule has 2 atom stereocenters. The van der Waals surface area contributed by atoms with E-state index < -0.39 is 11.6 Å². The van der Waals surface area contributed by atoms with Gasteiger partial charge in [-0.1, -0.05) is 46.3 Å². The van der Waals surface area contributed by atoms with Gasteiger partial charge in [0.25, 0.3) is 5.91 Å². The van der Waals surface area contributed by atoms with Gasteiger partial charge in [0.1, 0.15) is 5.82 Å². The molecule has 114 valence electrons. The van der Waals surface area contributed by atoms with E-state index in [4.69, 9.17) is 4.74 Å². The van der Waals surface area contributed by atoms with Gasteiger partial charge in [0.05, 0.1) is 12.1 Å². The minimum absolute atomic E-state index is 0.200. The van der Waals surface area contributed by atoms with E-state index in [1.165, 1.54) is 6.07 Å². The van der Waals surface area contributed by atoms with Crippen LogP contribution in [0.4, 0.5) is 4.39 Å². The molecule has 2 aromatic carbocycles. The molecule has 1 amide bonds. The Morgan fingerprint density at radius 2 is 2.00 bits per heavy atom. The molecule has 3 nitrogen and oxygen atoms in total. The molecule has 5 heteroatoms. The maximum atomic E-state index is 14.1. The number of benzene rings is 2. The van der Waals surface area contributed by atoms with Gasteiger partial charge in [-0.25, -0.2) is 4.39 Å². The molecule has 1 saturated heterocycles. The molecule has 0 unspecified atom stereocenters. The van der Waals surface area contributed by atoms with Crippen molar-refractivity contribution >= 4 is 21.8 Å². The summed E-state index contributed by atoms with van der Waals surface area (Å²) in [5.74, 6) is -0.632. The van der Waals surface area contributed by atoms with Gasteiger partial charge in [0, 0.05) is 10.0 Å². The Hall–Kier alpha value is -1.72. The van der Waals surface area contributed by atoms with Crippen LogP contribution in [-0.4, -0.2) is 12.5 Å². The third-order valence-electron chi connectivity index (χ3n) is 3.80. The van der Waals surface area contributed by atoms with Gasteiger partial charge in [-0.2, -0.15) is 0 Å². The third-order valence-corrected chi connectivity index (χ3v) is 4.29. The summed E-state index contributed by atoms with van der Waals surface area (Å²) in [6.07, 6.45) is -0.663. The van der Waals surface area contributed by atoms with Gasteiger partial charge in [-0.05, 0) is 30.7 Å². The molecule has 0 radical (unpaired) electrons. The molecule has 1 fully saturated rings. The molecular weight excluding hydrogens is 349 g/mol. The van der Waals surface area contributed by atoms with Crippen molar-refractivity contribution in [3.8, 4) is 0 Å². The lowest BCUT2D eigenvalue weighted by Gasteiger charge is -2.38. The lowest BCUT2D eigenvalue weighted by atomic mass is 9.90. The summed E-state index contributed by atoms with van der Waals surface area (Å²) in [6.45, 7) is 1.96. The van der Waals surface area contributed by atoms with E-state index in [0.717, 1.165) is 10.0 Å². The summed E-state index contributed by atoms with van der Waals surface area (Å²) in [4.78, 5) is 12.4. The molecule has 1 aliphatic heterocycles. The molecule has 0 aliphatic carbocycles. The Balaban J connectivity index is 1.88. The molecule has 1 aliphatic rings. The first kappa shape index (κ1) is 15.2. The van der Waals surface area contributed by atoms with Crippen LogP contribution in [0.1, 0.15) is 24.2 Å². The largest absolute Gasteiger partial charge is 0.361 e. The van der Waals surface area contributed by atoms with Crippen molar-refractivity contribution in [2.75, 3.05) is 6.61 Å². The number of hydrogen-bond donors (Lipinski definition) is 1. The average molecular weight is 364 g/mol. The molecule has 22 heavy (non-hydrogen) atoms. The fraction of sp³-hybridized carbons (Fsp3) is 0.235. The highest BCUT2D eigenvalue weighted by molar-refractivity contribution is 9.10. The highest BCUT2D eigenvalue weighted by Gasteiger charge is 2.40. The van der Waals surface area contributed by atoms with E-state index in [0.29, 0.717) is 5.56 Å². The van der Waals surface area contributed by atoms with Gasteiger partial charge in [-0.15, -0.1) is 0 Å². The number of rotatable bonds is 2.